The SMILES string of the molecule is CC1CCC(O)(CNC(=O)C2CCCCS2(=O)=O)CC1. The van der Waals surface area contributed by atoms with Crippen LogP contribution in [0.2, 0.25) is 0 Å². The zero-order chi connectivity index (χ0) is 14.8. The van der Waals surface area contributed by atoms with Crippen LogP contribution in [-0.4, -0.2) is 42.6 Å². The van der Waals surface area contributed by atoms with Crippen LogP contribution in [0.25, 0.3) is 0 Å². The molecule has 1 saturated heterocycles. The monoisotopic (exact) mass is 303 g/mol. The Hall–Kier alpha value is -0.620. The second-order valence-electron chi connectivity index (χ2n) is 6.48. The van der Waals surface area contributed by atoms with Crippen LogP contribution in [0.15, 0.2) is 0 Å². The van der Waals surface area contributed by atoms with Crippen LogP contribution in [0.4, 0.5) is 0 Å². The first kappa shape index (κ1) is 15.8. The van der Waals surface area contributed by atoms with Crippen LogP contribution >= 0.6 is 0 Å². The van der Waals surface area contributed by atoms with Gasteiger partial charge in [0, 0.05) is 6.54 Å². The minimum absolute atomic E-state index is 0.104. The van der Waals surface area contributed by atoms with Gasteiger partial charge in [0.25, 0.3) is 0 Å². The smallest absolute Gasteiger partial charge is 0.238 e. The molecule has 2 rings (SSSR count). The number of hydrogen-bond donors (Lipinski definition) is 2. The Morgan fingerprint density at radius 3 is 2.50 bits per heavy atom. The van der Waals surface area contributed by atoms with E-state index in [4.69, 9.17) is 0 Å². The van der Waals surface area contributed by atoms with E-state index >= 15 is 0 Å². The van der Waals surface area contributed by atoms with Crippen molar-refractivity contribution in [2.24, 2.45) is 5.92 Å². The highest BCUT2D eigenvalue weighted by molar-refractivity contribution is 7.92. The minimum Gasteiger partial charge on any atom is -0.388 e. The predicted molar refractivity (Wildman–Crippen MR) is 77.0 cm³/mol. The number of sulfone groups is 1. The molecule has 0 radical (unpaired) electrons. The van der Waals surface area contributed by atoms with Crippen LogP contribution < -0.4 is 5.32 Å². The van der Waals surface area contributed by atoms with Crippen LogP contribution in [-0.2, 0) is 14.6 Å². The fourth-order valence-corrected chi connectivity index (χ4v) is 4.92. The van der Waals surface area contributed by atoms with Crippen LogP contribution in [0.5, 0.6) is 0 Å². The number of hydrogen-bond acceptors (Lipinski definition) is 4. The van der Waals surface area contributed by atoms with Crippen molar-refractivity contribution >= 4 is 15.7 Å². The highest BCUT2D eigenvalue weighted by Gasteiger charge is 2.37. The fourth-order valence-electron chi connectivity index (χ4n) is 3.09. The number of amides is 1. The summed E-state index contributed by atoms with van der Waals surface area (Å²) >= 11 is 0. The van der Waals surface area contributed by atoms with E-state index in [1.807, 2.05) is 0 Å². The molecular formula is C14H25NO4S. The molecule has 5 nitrogen and oxygen atoms in total. The molecule has 0 aromatic rings. The summed E-state index contributed by atoms with van der Waals surface area (Å²) in [4.78, 5) is 12.1. The second-order valence-corrected chi connectivity index (χ2v) is 8.78. The molecule has 2 fully saturated rings. The molecule has 1 amide bonds. The summed E-state index contributed by atoms with van der Waals surface area (Å²) in [5.74, 6) is 0.286. The van der Waals surface area contributed by atoms with Gasteiger partial charge in [-0.15, -0.1) is 0 Å². The second kappa shape index (κ2) is 6.02. The van der Waals surface area contributed by atoms with Gasteiger partial charge in [0.2, 0.25) is 5.91 Å². The summed E-state index contributed by atoms with van der Waals surface area (Å²) in [6, 6.07) is 0. The minimum atomic E-state index is -3.30. The van der Waals surface area contributed by atoms with Crippen molar-refractivity contribution in [3.8, 4) is 0 Å². The third kappa shape index (κ3) is 3.73. The summed E-state index contributed by atoms with van der Waals surface area (Å²) in [5.41, 5.74) is -0.861. The summed E-state index contributed by atoms with van der Waals surface area (Å²) in [5, 5.41) is 12.2. The van der Waals surface area contributed by atoms with Crippen molar-refractivity contribution < 1.29 is 18.3 Å². The van der Waals surface area contributed by atoms with Gasteiger partial charge in [0.1, 0.15) is 5.25 Å². The standard InChI is InChI=1S/C14H25NO4S/c1-11-5-7-14(17,8-6-11)10-15-13(16)12-4-2-3-9-20(12,18)19/h11-12,17H,2-10H2,1H3,(H,15,16). The molecule has 0 aromatic heterocycles. The Bertz CT molecular complexity index is 452. The molecule has 1 aliphatic heterocycles. The first-order valence-corrected chi connectivity index (χ1v) is 9.26. The van der Waals surface area contributed by atoms with Gasteiger partial charge in [-0.05, 0) is 44.4 Å². The van der Waals surface area contributed by atoms with Gasteiger partial charge in [0.15, 0.2) is 9.84 Å². The lowest BCUT2D eigenvalue weighted by atomic mass is 9.79. The molecular weight excluding hydrogens is 278 g/mol. The predicted octanol–water partition coefficient (Wildman–Crippen LogP) is 1.01. The third-order valence-corrected chi connectivity index (χ3v) is 6.84. The molecule has 1 unspecified atom stereocenters. The van der Waals surface area contributed by atoms with Crippen molar-refractivity contribution in [1.82, 2.24) is 5.32 Å². The number of carbonyl (C=O) groups is 1. The Labute approximate surface area is 121 Å². The maximum absolute atomic E-state index is 12.1. The first-order valence-electron chi connectivity index (χ1n) is 7.54. The van der Waals surface area contributed by atoms with E-state index in [1.54, 1.807) is 0 Å². The zero-order valence-corrected chi connectivity index (χ0v) is 12.9. The van der Waals surface area contributed by atoms with Gasteiger partial charge in [-0.25, -0.2) is 8.42 Å². The van der Waals surface area contributed by atoms with Gasteiger partial charge in [0.05, 0.1) is 11.4 Å². The van der Waals surface area contributed by atoms with Gasteiger partial charge in [-0.2, -0.15) is 0 Å². The molecule has 0 aromatic carbocycles. The average molecular weight is 303 g/mol. The third-order valence-electron chi connectivity index (χ3n) is 4.67. The zero-order valence-electron chi connectivity index (χ0n) is 12.1. The molecule has 0 bridgehead atoms. The van der Waals surface area contributed by atoms with Gasteiger partial charge >= 0.3 is 0 Å². The molecule has 0 spiro atoms. The first-order chi connectivity index (χ1) is 9.32. The van der Waals surface area contributed by atoms with Crippen molar-refractivity contribution in [2.45, 2.75) is 62.7 Å². The largest absolute Gasteiger partial charge is 0.388 e. The number of carbonyl (C=O) groups excluding carboxylic acids is 1. The van der Waals surface area contributed by atoms with Crippen LogP contribution in [0.3, 0.4) is 0 Å². The fraction of sp³-hybridized carbons (Fsp3) is 0.929. The van der Waals surface area contributed by atoms with Gasteiger partial charge in [-0.3, -0.25) is 4.79 Å². The lowest BCUT2D eigenvalue weighted by Gasteiger charge is -2.35. The van der Waals surface area contributed by atoms with Crippen LogP contribution in [0, 0.1) is 5.92 Å². The van der Waals surface area contributed by atoms with E-state index in [-0.39, 0.29) is 12.3 Å². The van der Waals surface area contributed by atoms with E-state index in [1.165, 1.54) is 0 Å². The molecule has 2 N–H and O–H groups in total. The number of aliphatic hydroxyl groups is 1. The van der Waals surface area contributed by atoms with Gasteiger partial charge < -0.3 is 10.4 Å². The number of rotatable bonds is 3. The van der Waals surface area contributed by atoms with Crippen molar-refractivity contribution in [3.05, 3.63) is 0 Å². The van der Waals surface area contributed by atoms with E-state index in [9.17, 15) is 18.3 Å². The van der Waals surface area contributed by atoms with Crippen molar-refractivity contribution in [3.63, 3.8) is 0 Å². The van der Waals surface area contributed by atoms with E-state index in [0.29, 0.717) is 31.6 Å². The highest BCUT2D eigenvalue weighted by atomic mass is 32.2. The Kier molecular flexibility index (Phi) is 4.74. The van der Waals surface area contributed by atoms with Crippen LogP contribution in [0.1, 0.15) is 51.9 Å². The quantitative estimate of drug-likeness (QED) is 0.815. The van der Waals surface area contributed by atoms with Crippen molar-refractivity contribution in [1.29, 1.82) is 0 Å². The maximum Gasteiger partial charge on any atom is 0.238 e. The molecule has 1 atom stereocenters. The molecule has 1 saturated carbocycles. The molecule has 1 heterocycles. The number of nitrogens with one attached hydrogen (secondary N) is 1. The van der Waals surface area contributed by atoms with Gasteiger partial charge in [-0.1, -0.05) is 13.3 Å². The summed E-state index contributed by atoms with van der Waals surface area (Å²) < 4.78 is 23.7. The Morgan fingerprint density at radius 1 is 1.25 bits per heavy atom. The average Bonchev–Trinajstić information content (AvgIpc) is 2.40. The van der Waals surface area contributed by atoms with E-state index in [2.05, 4.69) is 12.2 Å². The lowest BCUT2D eigenvalue weighted by Crippen LogP contribution is -2.50. The summed E-state index contributed by atoms with van der Waals surface area (Å²) in [6.07, 6.45) is 5.08. The molecule has 2 aliphatic rings. The van der Waals surface area contributed by atoms with E-state index < -0.39 is 26.6 Å². The van der Waals surface area contributed by atoms with E-state index in [0.717, 1.165) is 19.3 Å². The Morgan fingerprint density at radius 2 is 1.90 bits per heavy atom. The normalized spacial score (nSPS) is 37.3. The summed E-state index contributed by atoms with van der Waals surface area (Å²) in [7, 11) is -3.30. The molecule has 116 valence electrons. The maximum atomic E-state index is 12.1. The molecule has 20 heavy (non-hydrogen) atoms. The van der Waals surface area contributed by atoms with Crippen molar-refractivity contribution in [2.75, 3.05) is 12.3 Å². The molecule has 6 heteroatoms. The highest BCUT2D eigenvalue weighted by Crippen LogP contribution is 2.31. The topological polar surface area (TPSA) is 83.5 Å². The molecule has 1 aliphatic carbocycles. The summed E-state index contributed by atoms with van der Waals surface area (Å²) in [6.45, 7) is 2.33. The lowest BCUT2D eigenvalue weighted by molar-refractivity contribution is -0.122. The Balaban J connectivity index is 1.89.